The zero-order valence-corrected chi connectivity index (χ0v) is 13.5. The van der Waals surface area contributed by atoms with Gasteiger partial charge >= 0.3 is 6.03 Å². The molecule has 6 heteroatoms. The van der Waals surface area contributed by atoms with Crippen molar-refractivity contribution in [3.63, 3.8) is 0 Å². The number of furan rings is 1. The summed E-state index contributed by atoms with van der Waals surface area (Å²) in [6.45, 7) is 3.74. The van der Waals surface area contributed by atoms with Gasteiger partial charge in [-0.2, -0.15) is 5.26 Å². The van der Waals surface area contributed by atoms with Gasteiger partial charge in [0.1, 0.15) is 17.6 Å². The standard InChI is InChI=1S/C18H19N3O3/c1-13-5-6-16(24-13)17-12-21(7-8-23-17)18(22)20-11-15-4-2-3-14(9-15)10-19/h2-6,9,17H,7-8,11-12H2,1H3,(H,20,22)/t17-/m1/s1. The number of hydrogen-bond acceptors (Lipinski definition) is 4. The van der Waals surface area contributed by atoms with E-state index in [0.717, 1.165) is 17.1 Å². The average Bonchev–Trinajstić information content (AvgIpc) is 3.06. The van der Waals surface area contributed by atoms with Crippen LogP contribution in [0, 0.1) is 18.3 Å². The SMILES string of the molecule is Cc1ccc([C@H]2CN(C(=O)NCc3cccc(C#N)c3)CCO2)o1. The van der Waals surface area contributed by atoms with Crippen molar-refractivity contribution in [1.82, 2.24) is 10.2 Å². The molecule has 0 saturated carbocycles. The first-order valence-corrected chi connectivity index (χ1v) is 7.85. The van der Waals surface area contributed by atoms with Gasteiger partial charge in [0.15, 0.2) is 0 Å². The lowest BCUT2D eigenvalue weighted by molar-refractivity contribution is -0.0263. The molecule has 2 heterocycles. The van der Waals surface area contributed by atoms with E-state index in [9.17, 15) is 4.79 Å². The maximum atomic E-state index is 12.4. The van der Waals surface area contributed by atoms with E-state index in [1.165, 1.54) is 0 Å². The third-order valence-corrected chi connectivity index (χ3v) is 3.93. The minimum atomic E-state index is -0.236. The number of nitrogens with zero attached hydrogens (tertiary/aromatic N) is 2. The summed E-state index contributed by atoms with van der Waals surface area (Å²) in [4.78, 5) is 14.1. The summed E-state index contributed by atoms with van der Waals surface area (Å²) in [5.41, 5.74) is 1.48. The van der Waals surface area contributed by atoms with Gasteiger partial charge in [-0.25, -0.2) is 4.79 Å². The topological polar surface area (TPSA) is 78.5 Å². The van der Waals surface area contributed by atoms with Crippen LogP contribution in [-0.4, -0.2) is 30.6 Å². The summed E-state index contributed by atoms with van der Waals surface area (Å²) in [6.07, 6.45) is -0.236. The number of urea groups is 1. The zero-order valence-electron chi connectivity index (χ0n) is 13.5. The van der Waals surface area contributed by atoms with Crippen molar-refractivity contribution in [3.05, 3.63) is 59.0 Å². The smallest absolute Gasteiger partial charge is 0.317 e. The van der Waals surface area contributed by atoms with Gasteiger partial charge in [-0.05, 0) is 36.8 Å². The summed E-state index contributed by atoms with van der Waals surface area (Å²) < 4.78 is 11.3. The lowest BCUT2D eigenvalue weighted by Crippen LogP contribution is -2.46. The predicted octanol–water partition coefficient (Wildman–Crippen LogP) is 2.74. The van der Waals surface area contributed by atoms with E-state index >= 15 is 0 Å². The number of hydrogen-bond donors (Lipinski definition) is 1. The number of nitriles is 1. The molecule has 1 N–H and O–H groups in total. The maximum Gasteiger partial charge on any atom is 0.317 e. The Balaban J connectivity index is 1.57. The molecule has 6 nitrogen and oxygen atoms in total. The van der Waals surface area contributed by atoms with Crippen molar-refractivity contribution < 1.29 is 13.9 Å². The molecule has 1 saturated heterocycles. The molecule has 1 aromatic heterocycles. The number of amides is 2. The lowest BCUT2D eigenvalue weighted by Gasteiger charge is -2.32. The second-order valence-electron chi connectivity index (χ2n) is 5.72. The lowest BCUT2D eigenvalue weighted by atomic mass is 10.1. The monoisotopic (exact) mass is 325 g/mol. The number of ether oxygens (including phenoxy) is 1. The number of rotatable bonds is 3. The largest absolute Gasteiger partial charge is 0.464 e. The molecule has 1 atom stereocenters. The van der Waals surface area contributed by atoms with Crippen molar-refractivity contribution in [2.24, 2.45) is 0 Å². The fourth-order valence-electron chi connectivity index (χ4n) is 2.67. The van der Waals surface area contributed by atoms with Gasteiger partial charge in [0.05, 0.1) is 24.8 Å². The van der Waals surface area contributed by atoms with Crippen LogP contribution in [0.15, 0.2) is 40.8 Å². The molecule has 3 rings (SSSR count). The molecular weight excluding hydrogens is 306 g/mol. The minimum Gasteiger partial charge on any atom is -0.464 e. The summed E-state index contributed by atoms with van der Waals surface area (Å²) in [7, 11) is 0. The minimum absolute atomic E-state index is 0.145. The molecular formula is C18H19N3O3. The van der Waals surface area contributed by atoms with E-state index in [1.54, 1.807) is 17.0 Å². The van der Waals surface area contributed by atoms with E-state index in [4.69, 9.17) is 14.4 Å². The highest BCUT2D eigenvalue weighted by Crippen LogP contribution is 2.24. The molecule has 0 bridgehead atoms. The second-order valence-corrected chi connectivity index (χ2v) is 5.72. The molecule has 2 aromatic rings. The van der Waals surface area contributed by atoms with Gasteiger partial charge < -0.3 is 19.4 Å². The second kappa shape index (κ2) is 7.20. The number of carbonyl (C=O) groups is 1. The van der Waals surface area contributed by atoms with Crippen molar-refractivity contribution in [3.8, 4) is 6.07 Å². The summed E-state index contributed by atoms with van der Waals surface area (Å²) >= 11 is 0. The molecule has 1 aliphatic rings. The molecule has 2 amide bonds. The fraction of sp³-hybridized carbons (Fsp3) is 0.333. The maximum absolute atomic E-state index is 12.4. The van der Waals surface area contributed by atoms with Gasteiger partial charge in [-0.15, -0.1) is 0 Å². The van der Waals surface area contributed by atoms with Crippen LogP contribution in [0.3, 0.4) is 0 Å². The quantitative estimate of drug-likeness (QED) is 0.941. The molecule has 0 unspecified atom stereocenters. The summed E-state index contributed by atoms with van der Waals surface area (Å²) in [6, 6.07) is 12.9. The Labute approximate surface area is 140 Å². The summed E-state index contributed by atoms with van der Waals surface area (Å²) in [5, 5.41) is 11.8. The fourth-order valence-corrected chi connectivity index (χ4v) is 2.67. The van der Waals surface area contributed by atoms with Crippen molar-refractivity contribution in [1.29, 1.82) is 5.26 Å². The normalized spacial score (nSPS) is 17.3. The van der Waals surface area contributed by atoms with Crippen LogP contribution in [0.5, 0.6) is 0 Å². The van der Waals surface area contributed by atoms with E-state index < -0.39 is 0 Å². The highest BCUT2D eigenvalue weighted by Gasteiger charge is 2.27. The number of benzene rings is 1. The zero-order chi connectivity index (χ0) is 16.9. The number of aryl methyl sites for hydroxylation is 1. The third-order valence-electron chi connectivity index (χ3n) is 3.93. The Morgan fingerprint density at radius 1 is 1.42 bits per heavy atom. The van der Waals surface area contributed by atoms with Crippen molar-refractivity contribution in [2.45, 2.75) is 19.6 Å². The van der Waals surface area contributed by atoms with Crippen LogP contribution in [0.1, 0.15) is 28.8 Å². The van der Waals surface area contributed by atoms with Gasteiger partial charge in [0, 0.05) is 13.1 Å². The van der Waals surface area contributed by atoms with Crippen LogP contribution >= 0.6 is 0 Å². The van der Waals surface area contributed by atoms with Crippen molar-refractivity contribution >= 4 is 6.03 Å². The van der Waals surface area contributed by atoms with Crippen LogP contribution in [0.4, 0.5) is 4.79 Å². The van der Waals surface area contributed by atoms with E-state index in [2.05, 4.69) is 11.4 Å². The molecule has 0 aliphatic carbocycles. The van der Waals surface area contributed by atoms with Crippen LogP contribution in [-0.2, 0) is 11.3 Å². The van der Waals surface area contributed by atoms with E-state index in [-0.39, 0.29) is 12.1 Å². The predicted molar refractivity (Wildman–Crippen MR) is 87.1 cm³/mol. The van der Waals surface area contributed by atoms with E-state index in [1.807, 2.05) is 31.2 Å². The van der Waals surface area contributed by atoms with Gasteiger partial charge in [0.2, 0.25) is 0 Å². The third kappa shape index (κ3) is 3.76. The highest BCUT2D eigenvalue weighted by molar-refractivity contribution is 5.74. The van der Waals surface area contributed by atoms with Crippen LogP contribution < -0.4 is 5.32 Å². The number of morpholine rings is 1. The highest BCUT2D eigenvalue weighted by atomic mass is 16.5. The van der Waals surface area contributed by atoms with E-state index in [0.29, 0.717) is 31.8 Å². The van der Waals surface area contributed by atoms with Crippen LogP contribution in [0.25, 0.3) is 0 Å². The first-order valence-electron chi connectivity index (χ1n) is 7.85. The summed E-state index contributed by atoms with van der Waals surface area (Å²) in [5.74, 6) is 1.57. The first-order chi connectivity index (χ1) is 11.7. The Morgan fingerprint density at radius 2 is 2.29 bits per heavy atom. The Morgan fingerprint density at radius 3 is 3.04 bits per heavy atom. The molecule has 124 valence electrons. The van der Waals surface area contributed by atoms with Gasteiger partial charge in [-0.1, -0.05) is 12.1 Å². The Kier molecular flexibility index (Phi) is 4.82. The average molecular weight is 325 g/mol. The van der Waals surface area contributed by atoms with Crippen molar-refractivity contribution in [2.75, 3.05) is 19.7 Å². The molecule has 24 heavy (non-hydrogen) atoms. The number of nitrogens with one attached hydrogen (secondary N) is 1. The molecule has 0 spiro atoms. The Bertz CT molecular complexity index is 763. The molecule has 1 fully saturated rings. The van der Waals surface area contributed by atoms with Gasteiger partial charge in [-0.3, -0.25) is 0 Å². The molecule has 0 radical (unpaired) electrons. The van der Waals surface area contributed by atoms with Gasteiger partial charge in [0.25, 0.3) is 0 Å². The van der Waals surface area contributed by atoms with Crippen LogP contribution in [0.2, 0.25) is 0 Å². The first kappa shape index (κ1) is 16.1. The molecule has 1 aromatic carbocycles. The Hall–Kier alpha value is -2.78. The number of carbonyl (C=O) groups excluding carboxylic acids is 1. The molecule has 1 aliphatic heterocycles.